The van der Waals surface area contributed by atoms with Gasteiger partial charge in [-0.3, -0.25) is 9.59 Å². The molecule has 0 spiro atoms. The van der Waals surface area contributed by atoms with Gasteiger partial charge in [-0.05, 0) is 44.9 Å². The number of rotatable bonds is 4. The molecule has 2 N–H and O–H groups in total. The van der Waals surface area contributed by atoms with Crippen molar-refractivity contribution in [1.29, 1.82) is 0 Å². The van der Waals surface area contributed by atoms with Gasteiger partial charge in [0.2, 0.25) is 0 Å². The maximum absolute atomic E-state index is 11.7. The van der Waals surface area contributed by atoms with Gasteiger partial charge in [-0.15, -0.1) is 0 Å². The summed E-state index contributed by atoms with van der Waals surface area (Å²) in [7, 11) is 0. The van der Waals surface area contributed by atoms with Crippen LogP contribution in [0.5, 0.6) is 0 Å². The van der Waals surface area contributed by atoms with Crippen molar-refractivity contribution in [2.24, 2.45) is 22.7 Å². The Morgan fingerprint density at radius 2 is 1.78 bits per heavy atom. The molecule has 4 nitrogen and oxygen atoms in total. The third-order valence-electron chi connectivity index (χ3n) is 4.86. The van der Waals surface area contributed by atoms with E-state index >= 15 is 0 Å². The molecule has 1 aliphatic rings. The highest BCUT2D eigenvalue weighted by Crippen LogP contribution is 2.55. The summed E-state index contributed by atoms with van der Waals surface area (Å²) in [6.07, 6.45) is 2.82. The zero-order valence-corrected chi connectivity index (χ0v) is 11.7. The summed E-state index contributed by atoms with van der Waals surface area (Å²) in [4.78, 5) is 23.3. The summed E-state index contributed by atoms with van der Waals surface area (Å²) >= 11 is 0. The molecule has 3 unspecified atom stereocenters. The van der Waals surface area contributed by atoms with Crippen molar-refractivity contribution in [3.63, 3.8) is 0 Å². The van der Waals surface area contributed by atoms with E-state index in [4.69, 9.17) is 0 Å². The van der Waals surface area contributed by atoms with Crippen molar-refractivity contribution in [3.05, 3.63) is 0 Å². The van der Waals surface area contributed by atoms with Crippen molar-refractivity contribution in [3.8, 4) is 0 Å². The molecule has 1 aliphatic carbocycles. The van der Waals surface area contributed by atoms with Gasteiger partial charge in [0, 0.05) is 0 Å². The topological polar surface area (TPSA) is 74.6 Å². The van der Waals surface area contributed by atoms with E-state index < -0.39 is 22.8 Å². The smallest absolute Gasteiger partial charge is 0.310 e. The highest BCUT2D eigenvalue weighted by molar-refractivity contribution is 5.86. The Hall–Kier alpha value is -1.06. The molecule has 0 aromatic heterocycles. The normalized spacial score (nSPS) is 36.6. The Labute approximate surface area is 108 Å². The van der Waals surface area contributed by atoms with Gasteiger partial charge < -0.3 is 10.2 Å². The lowest BCUT2D eigenvalue weighted by Crippen LogP contribution is -2.55. The summed E-state index contributed by atoms with van der Waals surface area (Å²) in [6, 6.07) is 0. The van der Waals surface area contributed by atoms with Crippen LogP contribution < -0.4 is 0 Å². The zero-order valence-electron chi connectivity index (χ0n) is 11.7. The predicted octanol–water partition coefficient (Wildman–Crippen LogP) is 3.01. The molecule has 0 heterocycles. The van der Waals surface area contributed by atoms with Crippen LogP contribution >= 0.6 is 0 Å². The van der Waals surface area contributed by atoms with E-state index in [-0.39, 0.29) is 5.92 Å². The van der Waals surface area contributed by atoms with Crippen molar-refractivity contribution >= 4 is 11.9 Å². The molecule has 0 amide bonds. The predicted molar refractivity (Wildman–Crippen MR) is 68.3 cm³/mol. The summed E-state index contributed by atoms with van der Waals surface area (Å²) in [5.41, 5.74) is -2.35. The minimum atomic E-state index is -1.18. The van der Waals surface area contributed by atoms with Crippen molar-refractivity contribution < 1.29 is 19.8 Å². The lowest BCUT2D eigenvalue weighted by atomic mass is 9.51. The number of carboxylic acids is 2. The van der Waals surface area contributed by atoms with E-state index in [0.29, 0.717) is 12.3 Å². The van der Waals surface area contributed by atoms with Crippen LogP contribution in [0.25, 0.3) is 0 Å². The third-order valence-corrected chi connectivity index (χ3v) is 4.86. The molecular formula is C14H24O4. The molecule has 0 aromatic rings. The van der Waals surface area contributed by atoms with Crippen molar-refractivity contribution in [2.45, 2.75) is 53.4 Å². The standard InChI is InChI=1S/C14H24O4/c1-9(2)8-10-6-5-7-13(3,11(15)16)14(10,4)12(17)18/h9-10H,5-8H2,1-4H3,(H,15,16)(H,17,18). The molecule has 0 aromatic carbocycles. The van der Waals surface area contributed by atoms with Gasteiger partial charge in [-0.1, -0.05) is 20.3 Å². The second-order valence-corrected chi connectivity index (χ2v) is 6.36. The third kappa shape index (κ3) is 2.13. The fourth-order valence-corrected chi connectivity index (χ4v) is 3.36. The molecule has 0 radical (unpaired) electrons. The first kappa shape index (κ1) is 15.0. The van der Waals surface area contributed by atoms with Gasteiger partial charge in [-0.25, -0.2) is 0 Å². The van der Waals surface area contributed by atoms with Crippen LogP contribution in [0.3, 0.4) is 0 Å². The minimum Gasteiger partial charge on any atom is -0.481 e. The first-order valence-corrected chi connectivity index (χ1v) is 6.63. The average molecular weight is 256 g/mol. The molecule has 0 aliphatic heterocycles. The highest BCUT2D eigenvalue weighted by Gasteiger charge is 2.60. The van der Waals surface area contributed by atoms with Gasteiger partial charge in [0.25, 0.3) is 0 Å². The van der Waals surface area contributed by atoms with Crippen LogP contribution in [-0.4, -0.2) is 22.2 Å². The van der Waals surface area contributed by atoms with Crippen molar-refractivity contribution in [1.82, 2.24) is 0 Å². The zero-order chi connectivity index (χ0) is 14.1. The number of aliphatic carboxylic acids is 2. The molecule has 104 valence electrons. The molecule has 1 fully saturated rings. The summed E-state index contributed by atoms with van der Waals surface area (Å²) in [6.45, 7) is 7.32. The lowest BCUT2D eigenvalue weighted by molar-refractivity contribution is -0.183. The van der Waals surface area contributed by atoms with Gasteiger partial charge in [0.05, 0.1) is 10.8 Å². The lowest BCUT2D eigenvalue weighted by Gasteiger charge is -2.49. The summed E-state index contributed by atoms with van der Waals surface area (Å²) in [5, 5.41) is 19.1. The number of carbonyl (C=O) groups is 2. The van der Waals surface area contributed by atoms with E-state index in [2.05, 4.69) is 13.8 Å². The highest BCUT2D eigenvalue weighted by atomic mass is 16.4. The van der Waals surface area contributed by atoms with Gasteiger partial charge in [0.15, 0.2) is 0 Å². The van der Waals surface area contributed by atoms with Gasteiger partial charge in [0.1, 0.15) is 0 Å². The van der Waals surface area contributed by atoms with Crippen molar-refractivity contribution in [2.75, 3.05) is 0 Å². The number of hydrogen-bond acceptors (Lipinski definition) is 2. The SMILES string of the molecule is CC(C)CC1CCCC(C)(C(=O)O)C1(C)C(=O)O. The van der Waals surface area contributed by atoms with E-state index in [1.165, 1.54) is 0 Å². The Morgan fingerprint density at radius 3 is 2.17 bits per heavy atom. The van der Waals surface area contributed by atoms with Gasteiger partial charge >= 0.3 is 11.9 Å². The molecule has 3 atom stereocenters. The quantitative estimate of drug-likeness (QED) is 0.810. The van der Waals surface area contributed by atoms with Crippen LogP contribution in [-0.2, 0) is 9.59 Å². The molecule has 4 heteroatoms. The van der Waals surface area contributed by atoms with Crippen LogP contribution in [0.1, 0.15) is 53.4 Å². The first-order chi connectivity index (χ1) is 8.16. The minimum absolute atomic E-state index is 0.0650. The fourth-order valence-electron chi connectivity index (χ4n) is 3.36. The Kier molecular flexibility index (Phi) is 4.08. The van der Waals surface area contributed by atoms with Gasteiger partial charge in [-0.2, -0.15) is 0 Å². The molecule has 0 bridgehead atoms. The van der Waals surface area contributed by atoms with Crippen LogP contribution in [0.2, 0.25) is 0 Å². The summed E-state index contributed by atoms with van der Waals surface area (Å²) < 4.78 is 0. The summed E-state index contributed by atoms with van der Waals surface area (Å²) in [5.74, 6) is -1.65. The molecule has 1 saturated carbocycles. The van der Waals surface area contributed by atoms with E-state index in [1.54, 1.807) is 13.8 Å². The van der Waals surface area contributed by atoms with E-state index in [0.717, 1.165) is 19.3 Å². The largest absolute Gasteiger partial charge is 0.481 e. The molecule has 18 heavy (non-hydrogen) atoms. The fraction of sp³-hybridized carbons (Fsp3) is 0.857. The Balaban J connectivity index is 3.22. The van der Waals surface area contributed by atoms with Crippen LogP contribution in [0, 0.1) is 22.7 Å². The van der Waals surface area contributed by atoms with Crippen LogP contribution in [0.4, 0.5) is 0 Å². The molecule has 1 rings (SSSR count). The van der Waals surface area contributed by atoms with E-state index in [1.807, 2.05) is 0 Å². The Morgan fingerprint density at radius 1 is 1.22 bits per heavy atom. The average Bonchev–Trinajstić information content (AvgIpc) is 2.23. The monoisotopic (exact) mass is 256 g/mol. The molecular weight excluding hydrogens is 232 g/mol. The second-order valence-electron chi connectivity index (χ2n) is 6.36. The van der Waals surface area contributed by atoms with Crippen LogP contribution in [0.15, 0.2) is 0 Å². The second kappa shape index (κ2) is 4.90. The number of carboxylic acid groups (broad SMARTS) is 2. The maximum Gasteiger partial charge on any atom is 0.310 e. The Bertz CT molecular complexity index is 350. The maximum atomic E-state index is 11.7. The first-order valence-electron chi connectivity index (χ1n) is 6.63. The molecule has 0 saturated heterocycles. The van der Waals surface area contributed by atoms with E-state index in [9.17, 15) is 19.8 Å². The number of hydrogen-bond donors (Lipinski definition) is 2.